The maximum absolute atomic E-state index is 10.7. The number of aromatic nitrogens is 2. The zero-order valence-corrected chi connectivity index (χ0v) is 10.8. The molecule has 1 aliphatic carbocycles. The van der Waals surface area contributed by atoms with E-state index >= 15 is 0 Å². The number of carbonyl (C=O) groups is 1. The van der Waals surface area contributed by atoms with E-state index < -0.39 is 0 Å². The summed E-state index contributed by atoms with van der Waals surface area (Å²) in [6, 6.07) is 0. The van der Waals surface area contributed by atoms with E-state index in [0.717, 1.165) is 30.0 Å². The van der Waals surface area contributed by atoms with Crippen LogP contribution in [0.5, 0.6) is 0 Å². The largest absolute Gasteiger partial charge is 0.383 e. The van der Waals surface area contributed by atoms with Crippen LogP contribution in [0.4, 0.5) is 11.6 Å². The molecule has 1 heterocycles. The van der Waals surface area contributed by atoms with Crippen LogP contribution in [-0.2, 0) is 4.79 Å². The molecule has 1 saturated carbocycles. The summed E-state index contributed by atoms with van der Waals surface area (Å²) in [6.07, 6.45) is 2.29. The fourth-order valence-corrected chi connectivity index (χ4v) is 1.67. The first-order valence-corrected chi connectivity index (χ1v) is 6.20. The monoisotopic (exact) mass is 249 g/mol. The van der Waals surface area contributed by atoms with Crippen molar-refractivity contribution < 1.29 is 4.79 Å². The normalized spacial score (nSPS) is 14.3. The van der Waals surface area contributed by atoms with Gasteiger partial charge in [-0.25, -0.2) is 9.97 Å². The van der Waals surface area contributed by atoms with Gasteiger partial charge < -0.3 is 16.4 Å². The van der Waals surface area contributed by atoms with Crippen molar-refractivity contribution in [3.63, 3.8) is 0 Å². The molecule has 0 bridgehead atoms. The zero-order chi connectivity index (χ0) is 13.1. The van der Waals surface area contributed by atoms with Gasteiger partial charge in [0.25, 0.3) is 0 Å². The second-order valence-electron chi connectivity index (χ2n) is 4.62. The Kier molecular flexibility index (Phi) is 3.64. The van der Waals surface area contributed by atoms with E-state index in [1.54, 1.807) is 0 Å². The SMILES string of the molecule is CC(=O)NCCNc1nc(C2CC2)nc(N)c1C. The van der Waals surface area contributed by atoms with Gasteiger partial charge in [-0.2, -0.15) is 0 Å². The summed E-state index contributed by atoms with van der Waals surface area (Å²) >= 11 is 0. The van der Waals surface area contributed by atoms with Crippen molar-refractivity contribution in [2.45, 2.75) is 32.6 Å². The van der Waals surface area contributed by atoms with Gasteiger partial charge in [-0.1, -0.05) is 0 Å². The molecule has 1 aromatic rings. The molecule has 1 amide bonds. The molecule has 98 valence electrons. The number of hydrogen-bond donors (Lipinski definition) is 3. The van der Waals surface area contributed by atoms with Gasteiger partial charge in [0, 0.05) is 31.5 Å². The highest BCUT2D eigenvalue weighted by Gasteiger charge is 2.27. The minimum Gasteiger partial charge on any atom is -0.383 e. The molecule has 1 fully saturated rings. The van der Waals surface area contributed by atoms with E-state index in [-0.39, 0.29) is 5.91 Å². The molecule has 1 aliphatic rings. The number of nitrogens with zero attached hydrogens (tertiary/aromatic N) is 2. The van der Waals surface area contributed by atoms with Crippen LogP contribution in [0.25, 0.3) is 0 Å². The van der Waals surface area contributed by atoms with Crippen LogP contribution in [-0.4, -0.2) is 29.0 Å². The van der Waals surface area contributed by atoms with Crippen molar-refractivity contribution in [2.75, 3.05) is 24.1 Å². The number of nitrogen functional groups attached to an aromatic ring is 1. The van der Waals surface area contributed by atoms with Crippen molar-refractivity contribution in [2.24, 2.45) is 0 Å². The lowest BCUT2D eigenvalue weighted by Gasteiger charge is -2.11. The van der Waals surface area contributed by atoms with Crippen LogP contribution in [0.2, 0.25) is 0 Å². The summed E-state index contributed by atoms with van der Waals surface area (Å²) in [5, 5.41) is 5.91. The smallest absolute Gasteiger partial charge is 0.216 e. The van der Waals surface area contributed by atoms with Crippen LogP contribution in [0, 0.1) is 6.92 Å². The Morgan fingerprint density at radius 1 is 1.39 bits per heavy atom. The highest BCUT2D eigenvalue weighted by atomic mass is 16.1. The number of hydrogen-bond acceptors (Lipinski definition) is 5. The van der Waals surface area contributed by atoms with E-state index in [2.05, 4.69) is 20.6 Å². The first-order chi connectivity index (χ1) is 8.58. The van der Waals surface area contributed by atoms with E-state index in [9.17, 15) is 4.79 Å². The average Bonchev–Trinajstić information content (AvgIpc) is 3.13. The molecule has 0 spiro atoms. The highest BCUT2D eigenvalue weighted by molar-refractivity contribution is 5.72. The molecule has 18 heavy (non-hydrogen) atoms. The summed E-state index contributed by atoms with van der Waals surface area (Å²) in [4.78, 5) is 19.5. The summed E-state index contributed by atoms with van der Waals surface area (Å²) in [5.74, 6) is 2.59. The van der Waals surface area contributed by atoms with E-state index in [4.69, 9.17) is 5.73 Å². The topological polar surface area (TPSA) is 92.9 Å². The lowest BCUT2D eigenvalue weighted by Crippen LogP contribution is -2.26. The van der Waals surface area contributed by atoms with Crippen LogP contribution < -0.4 is 16.4 Å². The first kappa shape index (κ1) is 12.6. The molecule has 6 nitrogen and oxygen atoms in total. The molecule has 6 heteroatoms. The molecular weight excluding hydrogens is 230 g/mol. The van der Waals surface area contributed by atoms with Crippen molar-refractivity contribution in [1.82, 2.24) is 15.3 Å². The molecule has 4 N–H and O–H groups in total. The van der Waals surface area contributed by atoms with Gasteiger partial charge in [-0.15, -0.1) is 0 Å². The third kappa shape index (κ3) is 3.09. The highest BCUT2D eigenvalue weighted by Crippen LogP contribution is 2.39. The van der Waals surface area contributed by atoms with Crippen molar-refractivity contribution in [1.29, 1.82) is 0 Å². The molecule has 0 aliphatic heterocycles. The number of rotatable bonds is 5. The molecule has 0 atom stereocenters. The van der Waals surface area contributed by atoms with Gasteiger partial charge in [0.2, 0.25) is 5.91 Å². The maximum Gasteiger partial charge on any atom is 0.216 e. The summed E-state index contributed by atoms with van der Waals surface area (Å²) in [7, 11) is 0. The summed E-state index contributed by atoms with van der Waals surface area (Å²) in [5.41, 5.74) is 6.74. The first-order valence-electron chi connectivity index (χ1n) is 6.20. The predicted octanol–water partition coefficient (Wildman–Crippen LogP) is 0.793. The van der Waals surface area contributed by atoms with Gasteiger partial charge in [0.1, 0.15) is 17.5 Å². The van der Waals surface area contributed by atoms with Crippen molar-refractivity contribution in [3.8, 4) is 0 Å². The predicted molar refractivity (Wildman–Crippen MR) is 70.3 cm³/mol. The number of amides is 1. The van der Waals surface area contributed by atoms with Crippen LogP contribution in [0.3, 0.4) is 0 Å². The molecule has 2 rings (SSSR count). The summed E-state index contributed by atoms with van der Waals surface area (Å²) < 4.78 is 0. The van der Waals surface area contributed by atoms with E-state index in [1.165, 1.54) is 6.92 Å². The van der Waals surface area contributed by atoms with Gasteiger partial charge in [0.15, 0.2) is 0 Å². The van der Waals surface area contributed by atoms with Crippen molar-refractivity contribution in [3.05, 3.63) is 11.4 Å². The van der Waals surface area contributed by atoms with Gasteiger partial charge in [0.05, 0.1) is 0 Å². The average molecular weight is 249 g/mol. The fourth-order valence-electron chi connectivity index (χ4n) is 1.67. The Hall–Kier alpha value is -1.85. The second-order valence-corrected chi connectivity index (χ2v) is 4.62. The summed E-state index contributed by atoms with van der Waals surface area (Å²) in [6.45, 7) is 4.59. The van der Waals surface area contributed by atoms with Gasteiger partial charge in [-0.3, -0.25) is 4.79 Å². The van der Waals surface area contributed by atoms with E-state index in [0.29, 0.717) is 24.8 Å². The van der Waals surface area contributed by atoms with E-state index in [1.807, 2.05) is 6.92 Å². The van der Waals surface area contributed by atoms with Gasteiger partial charge in [-0.05, 0) is 19.8 Å². The lowest BCUT2D eigenvalue weighted by atomic mass is 10.3. The fraction of sp³-hybridized carbons (Fsp3) is 0.583. The third-order valence-electron chi connectivity index (χ3n) is 2.93. The van der Waals surface area contributed by atoms with Crippen LogP contribution in [0.15, 0.2) is 0 Å². The number of nitrogens with two attached hydrogens (primary N) is 1. The Balaban J connectivity index is 1.99. The molecule has 0 aromatic carbocycles. The Labute approximate surface area is 106 Å². The van der Waals surface area contributed by atoms with Crippen LogP contribution >= 0.6 is 0 Å². The van der Waals surface area contributed by atoms with Crippen molar-refractivity contribution >= 4 is 17.5 Å². The zero-order valence-electron chi connectivity index (χ0n) is 10.8. The number of anilines is 2. The minimum atomic E-state index is -0.0330. The molecule has 1 aromatic heterocycles. The standard InChI is InChI=1S/C12H19N5O/c1-7-10(13)16-12(9-3-4-9)17-11(7)15-6-5-14-8(2)18/h9H,3-6H2,1-2H3,(H,14,18)(H3,13,15,16,17). The Morgan fingerprint density at radius 3 is 2.72 bits per heavy atom. The molecule has 0 radical (unpaired) electrons. The molecule has 0 unspecified atom stereocenters. The molecule has 0 saturated heterocycles. The third-order valence-corrected chi connectivity index (χ3v) is 2.93. The minimum absolute atomic E-state index is 0.0330. The molecular formula is C12H19N5O. The number of carbonyl (C=O) groups excluding carboxylic acids is 1. The quantitative estimate of drug-likeness (QED) is 0.671. The lowest BCUT2D eigenvalue weighted by molar-refractivity contribution is -0.118. The Morgan fingerprint density at radius 2 is 2.11 bits per heavy atom. The Bertz CT molecular complexity index is 456. The maximum atomic E-state index is 10.7. The van der Waals surface area contributed by atoms with Crippen LogP contribution in [0.1, 0.15) is 37.1 Å². The number of nitrogens with one attached hydrogen (secondary N) is 2. The second kappa shape index (κ2) is 5.20. The van der Waals surface area contributed by atoms with Gasteiger partial charge >= 0.3 is 0 Å².